The first-order chi connectivity index (χ1) is 8.18. The molecule has 88 valence electrons. The van der Waals surface area contributed by atoms with Crippen LogP contribution in [0.3, 0.4) is 0 Å². The van der Waals surface area contributed by atoms with Crippen molar-refractivity contribution >= 4 is 16.5 Å². The van der Waals surface area contributed by atoms with Crippen LogP contribution in [-0.4, -0.2) is 9.19 Å². The van der Waals surface area contributed by atoms with Gasteiger partial charge < -0.3 is 5.73 Å². The number of aromatic nitrogens is 1. The molecular formula is C13H14N2OS. The maximum Gasteiger partial charge on any atom is 0.0578 e. The normalized spacial score (nSPS) is 12.3. The van der Waals surface area contributed by atoms with Crippen LogP contribution in [0.2, 0.25) is 0 Å². The van der Waals surface area contributed by atoms with E-state index < -0.39 is 10.8 Å². The van der Waals surface area contributed by atoms with Gasteiger partial charge in [0.1, 0.15) is 0 Å². The molecule has 2 aromatic rings. The molecule has 3 nitrogen and oxygen atoms in total. The lowest BCUT2D eigenvalue weighted by molar-refractivity contribution is 0.682. The summed E-state index contributed by atoms with van der Waals surface area (Å²) in [5.41, 5.74) is 8.35. The fraction of sp³-hybridized carbons (Fsp3) is 0.154. The predicted octanol–water partition coefficient (Wildman–Crippen LogP) is 2.28. The average molecular weight is 246 g/mol. The molecule has 0 amide bonds. The summed E-state index contributed by atoms with van der Waals surface area (Å²) in [5, 5.41) is 0. The van der Waals surface area contributed by atoms with Crippen LogP contribution in [0.15, 0.2) is 47.6 Å². The van der Waals surface area contributed by atoms with E-state index >= 15 is 0 Å². The van der Waals surface area contributed by atoms with E-state index in [1.807, 2.05) is 37.3 Å². The number of nitrogen functional groups attached to an aromatic ring is 1. The molecule has 1 aromatic heterocycles. The van der Waals surface area contributed by atoms with E-state index in [2.05, 4.69) is 4.98 Å². The molecule has 4 heteroatoms. The molecule has 0 aliphatic rings. The van der Waals surface area contributed by atoms with Crippen LogP contribution in [0.4, 0.5) is 5.69 Å². The number of pyridine rings is 1. The van der Waals surface area contributed by atoms with Crippen molar-refractivity contribution in [2.24, 2.45) is 0 Å². The molecule has 1 heterocycles. The van der Waals surface area contributed by atoms with Crippen LogP contribution in [0, 0.1) is 6.92 Å². The van der Waals surface area contributed by atoms with Crippen molar-refractivity contribution in [1.82, 2.24) is 4.98 Å². The Balaban J connectivity index is 2.24. The molecule has 0 saturated heterocycles. The first kappa shape index (κ1) is 11.8. The Morgan fingerprint density at radius 2 is 2.12 bits per heavy atom. The second kappa shape index (κ2) is 5.10. The minimum atomic E-state index is -1.08. The van der Waals surface area contributed by atoms with Crippen molar-refractivity contribution in [3.05, 3.63) is 53.9 Å². The number of benzene rings is 1. The van der Waals surface area contributed by atoms with Crippen LogP contribution in [-0.2, 0) is 16.6 Å². The van der Waals surface area contributed by atoms with Crippen molar-refractivity contribution in [2.75, 3.05) is 5.73 Å². The second-order valence-corrected chi connectivity index (χ2v) is 5.24. The minimum Gasteiger partial charge on any atom is -0.398 e. The Kier molecular flexibility index (Phi) is 3.54. The highest BCUT2D eigenvalue weighted by Crippen LogP contribution is 2.20. The Labute approximate surface area is 103 Å². The summed E-state index contributed by atoms with van der Waals surface area (Å²) in [6.45, 7) is 1.89. The first-order valence-electron chi connectivity index (χ1n) is 5.31. The Morgan fingerprint density at radius 3 is 2.82 bits per heavy atom. The van der Waals surface area contributed by atoms with E-state index in [-0.39, 0.29) is 0 Å². The fourth-order valence-corrected chi connectivity index (χ4v) is 2.91. The van der Waals surface area contributed by atoms with Crippen molar-refractivity contribution < 1.29 is 4.21 Å². The molecule has 1 aromatic carbocycles. The van der Waals surface area contributed by atoms with Crippen LogP contribution in [0.25, 0.3) is 0 Å². The summed E-state index contributed by atoms with van der Waals surface area (Å²) in [6, 6.07) is 9.28. The Morgan fingerprint density at radius 1 is 1.29 bits per heavy atom. The molecule has 2 rings (SSSR count). The van der Waals surface area contributed by atoms with Gasteiger partial charge in [0.25, 0.3) is 0 Å². The molecule has 0 saturated carbocycles. The van der Waals surface area contributed by atoms with Gasteiger partial charge in [-0.25, -0.2) is 0 Å². The lowest BCUT2D eigenvalue weighted by Gasteiger charge is -2.07. The van der Waals surface area contributed by atoms with E-state index in [1.54, 1.807) is 12.4 Å². The van der Waals surface area contributed by atoms with Crippen LogP contribution in [0.5, 0.6) is 0 Å². The smallest absolute Gasteiger partial charge is 0.0578 e. The largest absolute Gasteiger partial charge is 0.398 e. The Bertz CT molecular complexity index is 540. The molecule has 0 fully saturated rings. The molecule has 0 bridgehead atoms. The minimum absolute atomic E-state index is 0.470. The standard InChI is InChI=1S/C13H14N2OS/c1-10-12(14)5-2-6-13(10)17(16)9-11-4-3-7-15-8-11/h2-8H,9,14H2,1H3. The number of nitrogens with two attached hydrogens (primary N) is 1. The van der Waals surface area contributed by atoms with E-state index in [0.29, 0.717) is 11.4 Å². The summed E-state index contributed by atoms with van der Waals surface area (Å²) in [6.07, 6.45) is 3.44. The third kappa shape index (κ3) is 2.71. The van der Waals surface area contributed by atoms with Crippen molar-refractivity contribution in [1.29, 1.82) is 0 Å². The summed E-state index contributed by atoms with van der Waals surface area (Å²) >= 11 is 0. The topological polar surface area (TPSA) is 56.0 Å². The van der Waals surface area contributed by atoms with Gasteiger partial charge in [-0.1, -0.05) is 12.1 Å². The monoisotopic (exact) mass is 246 g/mol. The molecule has 1 unspecified atom stereocenters. The zero-order chi connectivity index (χ0) is 12.3. The molecule has 2 N–H and O–H groups in total. The van der Waals surface area contributed by atoms with Gasteiger partial charge in [0.15, 0.2) is 0 Å². The molecule has 1 atom stereocenters. The summed E-state index contributed by atoms with van der Waals surface area (Å²) in [7, 11) is -1.08. The van der Waals surface area contributed by atoms with Gasteiger partial charge in [0.2, 0.25) is 0 Å². The number of rotatable bonds is 3. The van der Waals surface area contributed by atoms with Gasteiger partial charge in [0, 0.05) is 23.0 Å². The van der Waals surface area contributed by atoms with Crippen molar-refractivity contribution in [3.8, 4) is 0 Å². The first-order valence-corrected chi connectivity index (χ1v) is 6.63. The molecule has 0 radical (unpaired) electrons. The number of nitrogens with zero attached hydrogens (tertiary/aromatic N) is 1. The predicted molar refractivity (Wildman–Crippen MR) is 69.9 cm³/mol. The lowest BCUT2D eigenvalue weighted by atomic mass is 10.2. The molecular weight excluding hydrogens is 232 g/mol. The second-order valence-electron chi connectivity index (χ2n) is 3.82. The zero-order valence-electron chi connectivity index (χ0n) is 9.59. The van der Waals surface area contributed by atoms with E-state index in [4.69, 9.17) is 5.73 Å². The number of hydrogen-bond donors (Lipinski definition) is 1. The van der Waals surface area contributed by atoms with Gasteiger partial charge in [-0.05, 0) is 36.2 Å². The average Bonchev–Trinajstić information content (AvgIpc) is 2.34. The van der Waals surface area contributed by atoms with Gasteiger partial charge in [-0.2, -0.15) is 0 Å². The Hall–Kier alpha value is -1.68. The maximum absolute atomic E-state index is 12.2. The number of anilines is 1. The summed E-state index contributed by atoms with van der Waals surface area (Å²) < 4.78 is 12.2. The zero-order valence-corrected chi connectivity index (χ0v) is 10.4. The molecule has 0 aliphatic carbocycles. The van der Waals surface area contributed by atoms with Gasteiger partial charge in [-0.15, -0.1) is 0 Å². The lowest BCUT2D eigenvalue weighted by Crippen LogP contribution is -2.01. The van der Waals surface area contributed by atoms with E-state index in [0.717, 1.165) is 16.0 Å². The van der Waals surface area contributed by atoms with Crippen LogP contribution in [0.1, 0.15) is 11.1 Å². The molecule has 0 aliphatic heterocycles. The van der Waals surface area contributed by atoms with Crippen molar-refractivity contribution in [2.45, 2.75) is 17.6 Å². The van der Waals surface area contributed by atoms with Crippen LogP contribution >= 0.6 is 0 Å². The highest BCUT2D eigenvalue weighted by molar-refractivity contribution is 7.84. The van der Waals surface area contributed by atoms with E-state index in [1.165, 1.54) is 0 Å². The van der Waals surface area contributed by atoms with Gasteiger partial charge in [-0.3, -0.25) is 9.19 Å². The highest BCUT2D eigenvalue weighted by atomic mass is 32.2. The summed E-state index contributed by atoms with van der Waals surface area (Å²) in [5.74, 6) is 0.470. The molecule has 0 spiro atoms. The third-order valence-corrected chi connectivity index (χ3v) is 4.12. The summed E-state index contributed by atoms with van der Waals surface area (Å²) in [4.78, 5) is 4.81. The van der Waals surface area contributed by atoms with Gasteiger partial charge >= 0.3 is 0 Å². The van der Waals surface area contributed by atoms with Gasteiger partial charge in [0.05, 0.1) is 16.6 Å². The fourth-order valence-electron chi connectivity index (χ4n) is 1.59. The van der Waals surface area contributed by atoms with Crippen LogP contribution < -0.4 is 5.73 Å². The van der Waals surface area contributed by atoms with Crippen molar-refractivity contribution in [3.63, 3.8) is 0 Å². The maximum atomic E-state index is 12.2. The highest BCUT2D eigenvalue weighted by Gasteiger charge is 2.09. The SMILES string of the molecule is Cc1c(N)cccc1S(=O)Cc1cccnc1. The number of hydrogen-bond acceptors (Lipinski definition) is 3. The quantitative estimate of drug-likeness (QED) is 0.845. The van der Waals surface area contributed by atoms with E-state index in [9.17, 15) is 4.21 Å². The molecule has 17 heavy (non-hydrogen) atoms. The third-order valence-electron chi connectivity index (χ3n) is 2.59.